The molecule has 0 aliphatic heterocycles. The van der Waals surface area contributed by atoms with Crippen molar-refractivity contribution in [3.05, 3.63) is 34.9 Å². The quantitative estimate of drug-likeness (QED) is 0.828. The molecule has 0 saturated heterocycles. The number of carboxylic acid groups (broad SMARTS) is 1. The van der Waals surface area contributed by atoms with E-state index in [2.05, 4.69) is 0 Å². The Labute approximate surface area is 127 Å². The maximum atomic E-state index is 12.3. The fourth-order valence-electron chi connectivity index (χ4n) is 3.48. The van der Waals surface area contributed by atoms with Crippen LogP contribution in [0.25, 0.3) is 0 Å². The van der Waals surface area contributed by atoms with Gasteiger partial charge in [0.15, 0.2) is 0 Å². The number of rotatable bonds is 4. The zero-order chi connectivity index (χ0) is 15.2. The third-order valence-corrected chi connectivity index (χ3v) is 5.01. The maximum Gasteiger partial charge on any atom is 0.326 e. The number of nitrogens with two attached hydrogens (primary N) is 1. The number of esters is 1. The van der Waals surface area contributed by atoms with Crippen molar-refractivity contribution in [2.24, 2.45) is 23.5 Å². The molecular weight excluding hydrogens is 294 g/mol. The normalized spacial score (nSPS) is 33.3. The SMILES string of the molecule is N[C@@]1(C(=O)OCc2ccccc2Cl)CC[C@H]2[C@H](C(=O)O)[C@H]21. The molecule has 0 spiro atoms. The summed E-state index contributed by atoms with van der Waals surface area (Å²) in [5.41, 5.74) is 5.68. The Kier molecular flexibility index (Phi) is 3.42. The van der Waals surface area contributed by atoms with E-state index in [1.165, 1.54) is 0 Å². The monoisotopic (exact) mass is 309 g/mol. The van der Waals surface area contributed by atoms with Crippen LogP contribution < -0.4 is 5.73 Å². The lowest BCUT2D eigenvalue weighted by Gasteiger charge is -2.24. The summed E-state index contributed by atoms with van der Waals surface area (Å²) < 4.78 is 5.28. The van der Waals surface area contributed by atoms with Gasteiger partial charge >= 0.3 is 11.9 Å². The van der Waals surface area contributed by atoms with E-state index in [1.54, 1.807) is 24.3 Å². The lowest BCUT2D eigenvalue weighted by molar-refractivity contribution is -0.152. The summed E-state index contributed by atoms with van der Waals surface area (Å²) in [7, 11) is 0. The molecular formula is C15H16ClNO4. The van der Waals surface area contributed by atoms with Crippen molar-refractivity contribution in [2.75, 3.05) is 0 Å². The van der Waals surface area contributed by atoms with Crippen LogP contribution in [-0.4, -0.2) is 22.6 Å². The van der Waals surface area contributed by atoms with Crippen molar-refractivity contribution in [1.82, 2.24) is 0 Å². The number of hydrogen-bond acceptors (Lipinski definition) is 4. The Morgan fingerprint density at radius 1 is 1.43 bits per heavy atom. The van der Waals surface area contributed by atoms with Gasteiger partial charge in [-0.3, -0.25) is 9.59 Å². The van der Waals surface area contributed by atoms with Gasteiger partial charge in [0.25, 0.3) is 0 Å². The Morgan fingerprint density at radius 2 is 2.14 bits per heavy atom. The topological polar surface area (TPSA) is 89.6 Å². The molecule has 0 unspecified atom stereocenters. The minimum Gasteiger partial charge on any atom is -0.481 e. The summed E-state index contributed by atoms with van der Waals surface area (Å²) in [6, 6.07) is 7.09. The molecule has 4 atom stereocenters. The van der Waals surface area contributed by atoms with Gasteiger partial charge in [-0.2, -0.15) is 0 Å². The fourth-order valence-corrected chi connectivity index (χ4v) is 3.67. The zero-order valence-electron chi connectivity index (χ0n) is 11.3. The van der Waals surface area contributed by atoms with Crippen LogP contribution in [0, 0.1) is 17.8 Å². The van der Waals surface area contributed by atoms with Gasteiger partial charge in [-0.05, 0) is 24.8 Å². The second-order valence-corrected chi connectivity index (χ2v) is 6.21. The van der Waals surface area contributed by atoms with E-state index in [1.807, 2.05) is 0 Å². The first-order chi connectivity index (χ1) is 9.95. The van der Waals surface area contributed by atoms with E-state index in [0.717, 1.165) is 0 Å². The highest BCUT2D eigenvalue weighted by Gasteiger charge is 2.70. The number of halogens is 1. The number of hydrogen-bond donors (Lipinski definition) is 2. The van der Waals surface area contributed by atoms with E-state index in [4.69, 9.17) is 27.2 Å². The fraction of sp³-hybridized carbons (Fsp3) is 0.467. The maximum absolute atomic E-state index is 12.3. The van der Waals surface area contributed by atoms with Gasteiger partial charge in [-0.25, -0.2) is 0 Å². The average molecular weight is 310 g/mol. The molecule has 6 heteroatoms. The standard InChI is InChI=1S/C15H16ClNO4/c16-10-4-2-1-3-8(10)7-21-14(20)15(17)6-5-9-11(12(9)15)13(18)19/h1-4,9,11-12H,5-7,17H2,(H,18,19)/t9-,11-,12-,15-/m0/s1. The number of carbonyl (C=O) groups is 2. The Morgan fingerprint density at radius 3 is 2.76 bits per heavy atom. The van der Waals surface area contributed by atoms with E-state index >= 15 is 0 Å². The summed E-state index contributed by atoms with van der Waals surface area (Å²) in [5.74, 6) is -2.19. The van der Waals surface area contributed by atoms with E-state index in [-0.39, 0.29) is 18.4 Å². The number of carbonyl (C=O) groups excluding carboxylic acids is 1. The van der Waals surface area contributed by atoms with Crippen molar-refractivity contribution in [1.29, 1.82) is 0 Å². The van der Waals surface area contributed by atoms with Crippen LogP contribution in [-0.2, 0) is 20.9 Å². The summed E-state index contributed by atoms with van der Waals surface area (Å²) in [6.45, 7) is 0.0482. The van der Waals surface area contributed by atoms with Crippen LogP contribution in [0.4, 0.5) is 0 Å². The zero-order valence-corrected chi connectivity index (χ0v) is 12.0. The van der Waals surface area contributed by atoms with Crippen molar-refractivity contribution in [2.45, 2.75) is 25.0 Å². The molecule has 3 rings (SSSR count). The minimum atomic E-state index is -1.17. The number of fused-ring (bicyclic) bond motifs is 1. The van der Waals surface area contributed by atoms with Crippen LogP contribution in [0.2, 0.25) is 5.02 Å². The molecule has 2 aliphatic rings. The average Bonchev–Trinajstić information content (AvgIpc) is 3.10. The molecule has 0 bridgehead atoms. The number of ether oxygens (including phenoxy) is 1. The van der Waals surface area contributed by atoms with Crippen molar-refractivity contribution in [3.63, 3.8) is 0 Å². The second kappa shape index (κ2) is 5.00. The van der Waals surface area contributed by atoms with Crippen molar-refractivity contribution < 1.29 is 19.4 Å². The number of aliphatic carboxylic acids is 1. The summed E-state index contributed by atoms with van der Waals surface area (Å²) in [5, 5.41) is 9.62. The smallest absolute Gasteiger partial charge is 0.326 e. The van der Waals surface area contributed by atoms with Gasteiger partial charge in [-0.1, -0.05) is 29.8 Å². The molecule has 2 saturated carbocycles. The van der Waals surface area contributed by atoms with Crippen molar-refractivity contribution in [3.8, 4) is 0 Å². The van der Waals surface area contributed by atoms with Crippen molar-refractivity contribution >= 4 is 23.5 Å². The molecule has 2 fully saturated rings. The van der Waals surface area contributed by atoms with Gasteiger partial charge in [-0.15, -0.1) is 0 Å². The van der Waals surface area contributed by atoms with Crippen LogP contribution in [0.15, 0.2) is 24.3 Å². The molecule has 0 amide bonds. The molecule has 0 heterocycles. The van der Waals surface area contributed by atoms with Gasteiger partial charge in [0.1, 0.15) is 12.1 Å². The summed E-state index contributed by atoms with van der Waals surface area (Å²) >= 11 is 6.00. The van der Waals surface area contributed by atoms with Crippen LogP contribution >= 0.6 is 11.6 Å². The molecule has 0 aromatic heterocycles. The predicted octanol–water partition coefficient (Wildman–Crippen LogP) is 1.82. The molecule has 1 aromatic carbocycles. The van der Waals surface area contributed by atoms with Gasteiger partial charge in [0, 0.05) is 16.5 Å². The minimum absolute atomic E-state index is 0.0142. The van der Waals surface area contributed by atoms with Crippen LogP contribution in [0.3, 0.4) is 0 Å². The van der Waals surface area contributed by atoms with Crippen LogP contribution in [0.1, 0.15) is 18.4 Å². The molecule has 21 heavy (non-hydrogen) atoms. The number of carboxylic acids is 1. The first kappa shape index (κ1) is 14.4. The first-order valence-electron chi connectivity index (χ1n) is 6.87. The Hall–Kier alpha value is -1.59. The largest absolute Gasteiger partial charge is 0.481 e. The van der Waals surface area contributed by atoms with Gasteiger partial charge < -0.3 is 15.6 Å². The third-order valence-electron chi connectivity index (χ3n) is 4.64. The Balaban J connectivity index is 1.66. The van der Waals surface area contributed by atoms with E-state index in [0.29, 0.717) is 23.4 Å². The van der Waals surface area contributed by atoms with Gasteiger partial charge in [0.2, 0.25) is 0 Å². The summed E-state index contributed by atoms with van der Waals surface area (Å²) in [6.07, 6.45) is 1.15. The molecule has 1 aromatic rings. The summed E-state index contributed by atoms with van der Waals surface area (Å²) in [4.78, 5) is 23.4. The third kappa shape index (κ3) is 2.30. The molecule has 5 nitrogen and oxygen atoms in total. The highest BCUT2D eigenvalue weighted by Crippen LogP contribution is 2.61. The lowest BCUT2D eigenvalue weighted by atomic mass is 9.91. The molecule has 0 radical (unpaired) electrons. The van der Waals surface area contributed by atoms with Gasteiger partial charge in [0.05, 0.1) is 5.92 Å². The first-order valence-corrected chi connectivity index (χ1v) is 7.25. The molecule has 2 aliphatic carbocycles. The molecule has 3 N–H and O–H groups in total. The van der Waals surface area contributed by atoms with Crippen LogP contribution in [0.5, 0.6) is 0 Å². The van der Waals surface area contributed by atoms with E-state index in [9.17, 15) is 9.59 Å². The second-order valence-electron chi connectivity index (χ2n) is 5.80. The highest BCUT2D eigenvalue weighted by molar-refractivity contribution is 6.31. The van der Waals surface area contributed by atoms with E-state index < -0.39 is 23.4 Å². The number of benzene rings is 1. The lowest BCUT2D eigenvalue weighted by Crippen LogP contribution is -2.50. The highest BCUT2D eigenvalue weighted by atomic mass is 35.5. The predicted molar refractivity (Wildman–Crippen MR) is 75.5 cm³/mol. The molecule has 112 valence electrons. The Bertz CT molecular complexity index is 605.